The molecule has 0 aliphatic carbocycles. The standard InChI is InChI=1S/C43H42N2O6Si/c1-28-40(52(3,4)32-22-20-31(49-2)21-23-32)39(24-25-46)51-43(28)34-15-6-7-16-35(34)44(42(43)48)27-29-12-11-13-30(26-29)45-36-17-8-10-19-38(36)50-37-18-9-5-14-33(37)41(45)47/h5-23,26,28,39-40,46H,24-25,27H2,1-4H3/t28-,39+,40-,43+/m0/s1. The van der Waals surface area contributed by atoms with Gasteiger partial charge in [-0.25, -0.2) is 0 Å². The minimum Gasteiger partial charge on any atom is -0.497 e. The van der Waals surface area contributed by atoms with Crippen LogP contribution in [0.25, 0.3) is 0 Å². The van der Waals surface area contributed by atoms with Crippen LogP contribution >= 0.6 is 0 Å². The minimum atomic E-state index is -2.29. The molecule has 3 heterocycles. The van der Waals surface area contributed by atoms with Gasteiger partial charge in [0.1, 0.15) is 11.5 Å². The molecule has 264 valence electrons. The first kappa shape index (κ1) is 33.9. The van der Waals surface area contributed by atoms with Crippen molar-refractivity contribution in [2.24, 2.45) is 5.92 Å². The molecule has 0 radical (unpaired) electrons. The van der Waals surface area contributed by atoms with Crippen LogP contribution in [0.1, 0.15) is 34.8 Å². The molecule has 4 atom stereocenters. The fourth-order valence-electron chi connectivity index (χ4n) is 8.86. The Morgan fingerprint density at radius 2 is 1.52 bits per heavy atom. The van der Waals surface area contributed by atoms with Gasteiger partial charge in [0.15, 0.2) is 11.4 Å². The monoisotopic (exact) mass is 710 g/mol. The first-order valence-electron chi connectivity index (χ1n) is 17.8. The van der Waals surface area contributed by atoms with Crippen molar-refractivity contribution >= 4 is 42.1 Å². The van der Waals surface area contributed by atoms with Gasteiger partial charge in [0, 0.05) is 23.8 Å². The molecule has 1 N–H and O–H groups in total. The predicted molar refractivity (Wildman–Crippen MR) is 205 cm³/mol. The third kappa shape index (κ3) is 5.26. The number of hydrogen-bond acceptors (Lipinski definition) is 6. The first-order chi connectivity index (χ1) is 25.2. The molecule has 52 heavy (non-hydrogen) atoms. The van der Waals surface area contributed by atoms with Crippen molar-refractivity contribution in [3.05, 3.63) is 138 Å². The number of ether oxygens (including phenoxy) is 3. The number of carbonyl (C=O) groups excluding carboxylic acids is 2. The normalized spacial score (nSPS) is 22.1. The highest BCUT2D eigenvalue weighted by atomic mass is 28.3. The third-order valence-electron chi connectivity index (χ3n) is 11.3. The second-order valence-corrected chi connectivity index (χ2v) is 19.1. The molecule has 1 fully saturated rings. The lowest BCUT2D eigenvalue weighted by Gasteiger charge is -2.37. The first-order valence-corrected chi connectivity index (χ1v) is 20.9. The number of amides is 2. The average molecular weight is 711 g/mol. The SMILES string of the molecule is COc1ccc([Si](C)(C)[C@@H]2[C@@H](CCO)O[C@]3(C(=O)N(Cc4cccc(N5C(=O)c6ccccc6Oc6ccccc65)c4)c4ccccc43)[C@H]2C)cc1. The summed E-state index contributed by atoms with van der Waals surface area (Å²) in [5.74, 6) is 1.42. The molecule has 0 unspecified atom stereocenters. The Hall–Kier alpha value is -5.22. The van der Waals surface area contributed by atoms with Gasteiger partial charge in [-0.1, -0.05) is 91.9 Å². The van der Waals surface area contributed by atoms with Crippen LogP contribution in [0, 0.1) is 5.92 Å². The molecule has 0 bridgehead atoms. The molecule has 3 aliphatic rings. The van der Waals surface area contributed by atoms with Crippen LogP contribution in [0.2, 0.25) is 18.6 Å². The van der Waals surface area contributed by atoms with E-state index in [2.05, 4.69) is 32.2 Å². The van der Waals surface area contributed by atoms with Crippen molar-refractivity contribution in [3.63, 3.8) is 0 Å². The summed E-state index contributed by atoms with van der Waals surface area (Å²) in [6.45, 7) is 7.08. The van der Waals surface area contributed by atoms with Gasteiger partial charge in [-0.15, -0.1) is 0 Å². The van der Waals surface area contributed by atoms with E-state index in [1.165, 1.54) is 5.19 Å². The summed E-state index contributed by atoms with van der Waals surface area (Å²) in [6.07, 6.45) is 0.141. The topological polar surface area (TPSA) is 88.5 Å². The largest absolute Gasteiger partial charge is 0.497 e. The summed E-state index contributed by atoms with van der Waals surface area (Å²) >= 11 is 0. The van der Waals surface area contributed by atoms with Crippen molar-refractivity contribution in [2.75, 3.05) is 23.5 Å². The Bertz CT molecular complexity index is 2170. The molecule has 0 aromatic heterocycles. The van der Waals surface area contributed by atoms with Crippen molar-refractivity contribution in [1.82, 2.24) is 0 Å². The van der Waals surface area contributed by atoms with Crippen LogP contribution in [-0.4, -0.2) is 44.8 Å². The Morgan fingerprint density at radius 1 is 0.827 bits per heavy atom. The summed E-state index contributed by atoms with van der Waals surface area (Å²) in [5, 5.41) is 11.5. The van der Waals surface area contributed by atoms with Gasteiger partial charge >= 0.3 is 0 Å². The number of nitrogens with zero attached hydrogens (tertiary/aromatic N) is 2. The fourth-order valence-corrected chi connectivity index (χ4v) is 12.9. The second kappa shape index (κ2) is 13.1. The Morgan fingerprint density at radius 3 is 2.27 bits per heavy atom. The highest BCUT2D eigenvalue weighted by molar-refractivity contribution is 6.91. The average Bonchev–Trinajstić information content (AvgIpc) is 3.53. The van der Waals surface area contributed by atoms with E-state index in [-0.39, 0.29) is 42.5 Å². The predicted octanol–water partition coefficient (Wildman–Crippen LogP) is 7.92. The number of aliphatic hydroxyl groups is 1. The Kier molecular flexibility index (Phi) is 8.52. The van der Waals surface area contributed by atoms with E-state index in [1.807, 2.05) is 102 Å². The third-order valence-corrected chi connectivity index (χ3v) is 15.7. The number of aliphatic hydroxyl groups excluding tert-OH is 1. The van der Waals surface area contributed by atoms with E-state index >= 15 is 4.79 Å². The highest BCUT2D eigenvalue weighted by Gasteiger charge is 2.66. The molecule has 1 spiro atoms. The number of fused-ring (bicyclic) bond motifs is 4. The van der Waals surface area contributed by atoms with Crippen LogP contribution in [-0.2, 0) is 21.7 Å². The zero-order chi connectivity index (χ0) is 36.2. The summed E-state index contributed by atoms with van der Waals surface area (Å²) in [4.78, 5) is 32.8. The van der Waals surface area contributed by atoms with E-state index < -0.39 is 13.7 Å². The number of methoxy groups -OCH3 is 1. The smallest absolute Gasteiger partial charge is 0.266 e. The zero-order valence-corrected chi connectivity index (χ0v) is 30.8. The lowest BCUT2D eigenvalue weighted by atomic mass is 9.82. The number of para-hydroxylation sites is 4. The highest BCUT2D eigenvalue weighted by Crippen LogP contribution is 2.60. The summed E-state index contributed by atoms with van der Waals surface area (Å²) in [6, 6.07) is 38.8. The van der Waals surface area contributed by atoms with E-state index in [9.17, 15) is 9.90 Å². The van der Waals surface area contributed by atoms with Crippen LogP contribution in [0.3, 0.4) is 0 Å². The van der Waals surface area contributed by atoms with E-state index in [0.29, 0.717) is 34.9 Å². The number of rotatable bonds is 8. The van der Waals surface area contributed by atoms with Gasteiger partial charge in [-0.3, -0.25) is 14.5 Å². The van der Waals surface area contributed by atoms with Gasteiger partial charge in [0.25, 0.3) is 11.8 Å². The van der Waals surface area contributed by atoms with E-state index in [0.717, 1.165) is 22.6 Å². The van der Waals surface area contributed by atoms with Gasteiger partial charge in [-0.2, -0.15) is 0 Å². The van der Waals surface area contributed by atoms with E-state index in [1.54, 1.807) is 24.1 Å². The molecule has 5 aromatic carbocycles. The van der Waals surface area contributed by atoms with Crippen LogP contribution in [0.15, 0.2) is 121 Å². The lowest BCUT2D eigenvalue weighted by molar-refractivity contribution is -0.146. The maximum Gasteiger partial charge on any atom is 0.266 e. The minimum absolute atomic E-state index is 0.0305. The van der Waals surface area contributed by atoms with Gasteiger partial charge in [0.05, 0.1) is 44.8 Å². The molecule has 3 aliphatic heterocycles. The molecule has 0 saturated carbocycles. The van der Waals surface area contributed by atoms with Gasteiger partial charge < -0.3 is 24.2 Å². The summed E-state index contributed by atoms with van der Waals surface area (Å²) in [7, 11) is -0.623. The Balaban J connectivity index is 1.16. The zero-order valence-electron chi connectivity index (χ0n) is 29.8. The maximum absolute atomic E-state index is 15.1. The number of benzene rings is 5. The molecular weight excluding hydrogens is 669 g/mol. The van der Waals surface area contributed by atoms with Crippen LogP contribution in [0.5, 0.6) is 17.2 Å². The molecule has 8 nitrogen and oxygen atoms in total. The van der Waals surface area contributed by atoms with Crippen molar-refractivity contribution in [1.29, 1.82) is 0 Å². The molecule has 2 amide bonds. The van der Waals surface area contributed by atoms with Gasteiger partial charge in [0.2, 0.25) is 0 Å². The molecular formula is C43H42N2O6Si. The van der Waals surface area contributed by atoms with E-state index in [4.69, 9.17) is 14.2 Å². The number of carbonyl (C=O) groups is 2. The van der Waals surface area contributed by atoms with Crippen LogP contribution < -0.4 is 24.5 Å². The summed E-state index contributed by atoms with van der Waals surface area (Å²) in [5.41, 5.74) is 3.17. The van der Waals surface area contributed by atoms with Crippen molar-refractivity contribution in [2.45, 2.75) is 50.2 Å². The van der Waals surface area contributed by atoms with Crippen molar-refractivity contribution < 1.29 is 28.9 Å². The van der Waals surface area contributed by atoms with Gasteiger partial charge in [-0.05, 0) is 72.1 Å². The quantitative estimate of drug-likeness (QED) is 0.165. The summed E-state index contributed by atoms with van der Waals surface area (Å²) < 4.78 is 18.7. The van der Waals surface area contributed by atoms with Crippen molar-refractivity contribution in [3.8, 4) is 17.2 Å². The second-order valence-electron chi connectivity index (χ2n) is 14.5. The number of anilines is 3. The van der Waals surface area contributed by atoms with Crippen LogP contribution in [0.4, 0.5) is 17.1 Å². The number of hydrogen-bond donors (Lipinski definition) is 1. The molecule has 9 heteroatoms. The fraction of sp³-hybridized carbons (Fsp3) is 0.256. The maximum atomic E-state index is 15.1. The molecule has 5 aromatic rings. The lowest BCUT2D eigenvalue weighted by Crippen LogP contribution is -2.51. The molecule has 8 rings (SSSR count). The molecule has 1 saturated heterocycles. The Labute approximate surface area is 305 Å².